The number of aromatic nitrogens is 1. The van der Waals surface area contributed by atoms with Crippen LogP contribution in [-0.4, -0.2) is 49.4 Å². The van der Waals surface area contributed by atoms with Crippen LogP contribution in [0, 0.1) is 0 Å². The third-order valence-corrected chi connectivity index (χ3v) is 5.35. The molecule has 1 amide bonds. The van der Waals surface area contributed by atoms with Crippen LogP contribution in [0.2, 0.25) is 0 Å². The summed E-state index contributed by atoms with van der Waals surface area (Å²) in [6.45, 7) is 3.41. The van der Waals surface area contributed by atoms with Crippen molar-refractivity contribution < 1.29 is 14.3 Å². The van der Waals surface area contributed by atoms with Gasteiger partial charge in [-0.25, -0.2) is 0 Å². The number of hydrogen-bond acceptors (Lipinski definition) is 5. The Morgan fingerprint density at radius 3 is 2.78 bits per heavy atom. The van der Waals surface area contributed by atoms with Gasteiger partial charge in [0.05, 0.1) is 30.7 Å². The molecule has 2 saturated heterocycles. The Balaban J connectivity index is 0.00000210. The Labute approximate surface area is 165 Å². The highest BCUT2D eigenvalue weighted by Gasteiger charge is 2.24. The van der Waals surface area contributed by atoms with E-state index in [4.69, 9.17) is 15.2 Å². The van der Waals surface area contributed by atoms with Crippen molar-refractivity contribution in [1.29, 1.82) is 0 Å². The maximum atomic E-state index is 11.5. The molecule has 3 heterocycles. The molecule has 4 rings (SSSR count). The van der Waals surface area contributed by atoms with Crippen molar-refractivity contribution in [3.8, 4) is 0 Å². The summed E-state index contributed by atoms with van der Waals surface area (Å²) in [5.74, 6) is -0.407. The number of carbonyl (C=O) groups is 1. The van der Waals surface area contributed by atoms with Crippen LogP contribution in [0.3, 0.4) is 0 Å². The summed E-state index contributed by atoms with van der Waals surface area (Å²) in [5, 5.41) is 2.04. The normalized spacial score (nSPS) is 20.6. The topological polar surface area (TPSA) is 77.7 Å². The number of anilines is 1. The fourth-order valence-electron chi connectivity index (χ4n) is 3.84. The number of rotatable bonds is 5. The standard InChI is InChI=1S/C20H25N3O3.ClH/c21-20(24)14-3-4-15-11-22-12-19(18(15)10-14)23-7-5-16(6-8-23)26-13-17-2-1-9-25-17;/h3-4,10-12,16-17H,1-2,5-9,13H2,(H2,21,24);1H. The minimum Gasteiger partial charge on any atom is -0.376 e. The van der Waals surface area contributed by atoms with Crippen molar-refractivity contribution >= 4 is 34.8 Å². The first-order chi connectivity index (χ1) is 12.7. The number of fused-ring (bicyclic) bond motifs is 1. The first-order valence-corrected chi connectivity index (χ1v) is 9.36. The van der Waals surface area contributed by atoms with Gasteiger partial charge < -0.3 is 20.1 Å². The summed E-state index contributed by atoms with van der Waals surface area (Å²) >= 11 is 0. The average molecular weight is 392 g/mol. The van der Waals surface area contributed by atoms with Crippen LogP contribution in [0.4, 0.5) is 5.69 Å². The van der Waals surface area contributed by atoms with Gasteiger partial charge in [0.15, 0.2) is 0 Å². The predicted molar refractivity (Wildman–Crippen MR) is 108 cm³/mol. The van der Waals surface area contributed by atoms with Crippen molar-refractivity contribution in [2.75, 3.05) is 31.2 Å². The molecule has 27 heavy (non-hydrogen) atoms. The number of piperidine rings is 1. The van der Waals surface area contributed by atoms with E-state index in [2.05, 4.69) is 9.88 Å². The number of benzene rings is 1. The molecular weight excluding hydrogens is 366 g/mol. The van der Waals surface area contributed by atoms with Crippen molar-refractivity contribution in [3.63, 3.8) is 0 Å². The average Bonchev–Trinajstić information content (AvgIpc) is 3.19. The molecule has 7 heteroatoms. The van der Waals surface area contributed by atoms with E-state index in [0.717, 1.165) is 61.8 Å². The lowest BCUT2D eigenvalue weighted by molar-refractivity contribution is -0.0280. The molecule has 146 valence electrons. The molecule has 2 aliphatic rings. The number of nitrogens with zero attached hydrogens (tertiary/aromatic N) is 2. The zero-order valence-corrected chi connectivity index (χ0v) is 16.1. The lowest BCUT2D eigenvalue weighted by Gasteiger charge is -2.34. The molecule has 2 aliphatic heterocycles. The Kier molecular flexibility index (Phi) is 6.52. The highest BCUT2D eigenvalue weighted by atomic mass is 35.5. The van der Waals surface area contributed by atoms with E-state index in [-0.39, 0.29) is 18.5 Å². The molecule has 0 saturated carbocycles. The molecule has 1 unspecified atom stereocenters. The van der Waals surface area contributed by atoms with E-state index in [9.17, 15) is 4.79 Å². The number of pyridine rings is 1. The fraction of sp³-hybridized carbons (Fsp3) is 0.500. The first-order valence-electron chi connectivity index (χ1n) is 9.36. The van der Waals surface area contributed by atoms with Gasteiger partial charge in [-0.15, -0.1) is 12.4 Å². The van der Waals surface area contributed by atoms with Gasteiger partial charge in [-0.1, -0.05) is 6.07 Å². The third-order valence-electron chi connectivity index (χ3n) is 5.35. The molecule has 0 aliphatic carbocycles. The van der Waals surface area contributed by atoms with E-state index in [1.165, 1.54) is 0 Å². The van der Waals surface area contributed by atoms with Crippen molar-refractivity contribution in [2.24, 2.45) is 5.73 Å². The summed E-state index contributed by atoms with van der Waals surface area (Å²) in [4.78, 5) is 18.2. The highest BCUT2D eigenvalue weighted by molar-refractivity contribution is 6.01. The predicted octanol–water partition coefficient (Wildman–Crippen LogP) is 2.92. The van der Waals surface area contributed by atoms with Gasteiger partial charge in [0.1, 0.15) is 0 Å². The molecular formula is C20H26ClN3O3. The SMILES string of the molecule is Cl.NC(=O)c1ccc2cncc(N3CCC(OCC4CCCO4)CC3)c2c1. The van der Waals surface area contributed by atoms with E-state index < -0.39 is 5.91 Å². The molecule has 0 spiro atoms. The lowest BCUT2D eigenvalue weighted by atomic mass is 10.0. The molecule has 1 atom stereocenters. The second-order valence-electron chi connectivity index (χ2n) is 7.11. The number of nitrogens with two attached hydrogens (primary N) is 1. The summed E-state index contributed by atoms with van der Waals surface area (Å²) in [7, 11) is 0. The number of primary amides is 1. The Morgan fingerprint density at radius 2 is 2.07 bits per heavy atom. The van der Waals surface area contributed by atoms with Crippen LogP contribution in [-0.2, 0) is 9.47 Å². The first kappa shape index (κ1) is 19.9. The number of halogens is 1. The quantitative estimate of drug-likeness (QED) is 0.847. The van der Waals surface area contributed by atoms with E-state index in [1.807, 2.05) is 24.5 Å². The van der Waals surface area contributed by atoms with Gasteiger partial charge >= 0.3 is 0 Å². The smallest absolute Gasteiger partial charge is 0.248 e. The van der Waals surface area contributed by atoms with Gasteiger partial charge in [-0.05, 0) is 37.8 Å². The van der Waals surface area contributed by atoms with Crippen LogP contribution in [0.1, 0.15) is 36.0 Å². The van der Waals surface area contributed by atoms with Crippen LogP contribution < -0.4 is 10.6 Å². The van der Waals surface area contributed by atoms with E-state index in [0.29, 0.717) is 18.3 Å². The molecule has 6 nitrogen and oxygen atoms in total. The Bertz CT molecular complexity index is 787. The molecule has 2 N–H and O–H groups in total. The van der Waals surface area contributed by atoms with Crippen molar-refractivity contribution in [3.05, 3.63) is 36.2 Å². The number of amides is 1. The molecule has 2 fully saturated rings. The Hall–Kier alpha value is -1.89. The monoisotopic (exact) mass is 391 g/mol. The number of ether oxygens (including phenoxy) is 2. The zero-order chi connectivity index (χ0) is 17.9. The van der Waals surface area contributed by atoms with Gasteiger partial charge in [0.25, 0.3) is 0 Å². The Morgan fingerprint density at radius 1 is 1.26 bits per heavy atom. The fourth-order valence-corrected chi connectivity index (χ4v) is 3.84. The number of carbonyl (C=O) groups excluding carboxylic acids is 1. The van der Waals surface area contributed by atoms with Gasteiger partial charge in [0.2, 0.25) is 5.91 Å². The summed E-state index contributed by atoms with van der Waals surface area (Å²) in [6.07, 6.45) is 8.50. The van der Waals surface area contributed by atoms with Crippen LogP contribution in [0.15, 0.2) is 30.6 Å². The van der Waals surface area contributed by atoms with E-state index >= 15 is 0 Å². The van der Waals surface area contributed by atoms with Crippen LogP contribution in [0.25, 0.3) is 10.8 Å². The second-order valence-corrected chi connectivity index (χ2v) is 7.11. The van der Waals surface area contributed by atoms with Crippen LogP contribution in [0.5, 0.6) is 0 Å². The largest absolute Gasteiger partial charge is 0.376 e. The minimum absolute atomic E-state index is 0. The minimum atomic E-state index is -0.407. The molecule has 2 aromatic rings. The molecule has 1 aromatic heterocycles. The maximum absolute atomic E-state index is 11.5. The molecule has 0 radical (unpaired) electrons. The van der Waals surface area contributed by atoms with Crippen molar-refractivity contribution in [1.82, 2.24) is 4.98 Å². The highest BCUT2D eigenvalue weighted by Crippen LogP contribution is 2.29. The second kappa shape index (κ2) is 8.87. The molecule has 1 aromatic carbocycles. The summed E-state index contributed by atoms with van der Waals surface area (Å²) in [5.41, 5.74) is 7.03. The third kappa shape index (κ3) is 4.51. The van der Waals surface area contributed by atoms with Gasteiger partial charge in [-0.3, -0.25) is 9.78 Å². The number of hydrogen-bond donors (Lipinski definition) is 1. The van der Waals surface area contributed by atoms with Crippen LogP contribution >= 0.6 is 12.4 Å². The van der Waals surface area contributed by atoms with Gasteiger partial charge in [-0.2, -0.15) is 0 Å². The molecule has 0 bridgehead atoms. The van der Waals surface area contributed by atoms with E-state index in [1.54, 1.807) is 6.07 Å². The summed E-state index contributed by atoms with van der Waals surface area (Å²) in [6, 6.07) is 5.53. The lowest BCUT2D eigenvalue weighted by Crippen LogP contribution is -2.38. The van der Waals surface area contributed by atoms with Crippen molar-refractivity contribution in [2.45, 2.75) is 37.9 Å². The maximum Gasteiger partial charge on any atom is 0.248 e. The van der Waals surface area contributed by atoms with Gasteiger partial charge in [0, 0.05) is 42.2 Å². The summed E-state index contributed by atoms with van der Waals surface area (Å²) < 4.78 is 11.7. The zero-order valence-electron chi connectivity index (χ0n) is 15.3.